The maximum Gasteiger partial charge on any atom is 0.293 e. The SMILES string of the molecule is CC1CCCC(NC(=O)Cc2csc(NC(=O)c3ccco3)n2)C1C. The van der Waals surface area contributed by atoms with Gasteiger partial charge in [0.05, 0.1) is 18.4 Å². The molecule has 3 unspecified atom stereocenters. The van der Waals surface area contributed by atoms with Crippen molar-refractivity contribution in [2.24, 2.45) is 11.8 Å². The maximum absolute atomic E-state index is 12.3. The third-order valence-electron chi connectivity index (χ3n) is 4.91. The molecule has 1 saturated carbocycles. The Hall–Kier alpha value is -2.15. The third kappa shape index (κ3) is 4.48. The molecule has 0 aliphatic heterocycles. The van der Waals surface area contributed by atoms with Crippen molar-refractivity contribution in [1.82, 2.24) is 10.3 Å². The van der Waals surface area contributed by atoms with Crippen molar-refractivity contribution in [3.63, 3.8) is 0 Å². The minimum Gasteiger partial charge on any atom is -0.459 e. The Kier molecular flexibility index (Phi) is 5.53. The van der Waals surface area contributed by atoms with Crippen molar-refractivity contribution in [3.05, 3.63) is 35.2 Å². The van der Waals surface area contributed by atoms with Gasteiger partial charge in [-0.1, -0.05) is 26.7 Å². The highest BCUT2D eigenvalue weighted by molar-refractivity contribution is 7.14. The van der Waals surface area contributed by atoms with Crippen LogP contribution in [-0.4, -0.2) is 22.8 Å². The van der Waals surface area contributed by atoms with Crippen LogP contribution in [0.3, 0.4) is 0 Å². The molecule has 2 amide bonds. The zero-order chi connectivity index (χ0) is 17.8. The number of carbonyl (C=O) groups is 2. The summed E-state index contributed by atoms with van der Waals surface area (Å²) in [5.41, 5.74) is 0.661. The van der Waals surface area contributed by atoms with Crippen molar-refractivity contribution in [1.29, 1.82) is 0 Å². The summed E-state index contributed by atoms with van der Waals surface area (Å²) < 4.78 is 5.04. The zero-order valence-electron chi connectivity index (χ0n) is 14.5. The number of nitrogens with one attached hydrogen (secondary N) is 2. The lowest BCUT2D eigenvalue weighted by molar-refractivity contribution is -0.121. The molecule has 0 spiro atoms. The number of hydrogen-bond donors (Lipinski definition) is 2. The van der Waals surface area contributed by atoms with E-state index in [2.05, 4.69) is 29.5 Å². The molecule has 0 radical (unpaired) electrons. The first-order valence-corrected chi connectivity index (χ1v) is 9.49. The molecule has 134 valence electrons. The highest BCUT2D eigenvalue weighted by Crippen LogP contribution is 2.29. The van der Waals surface area contributed by atoms with E-state index in [0.29, 0.717) is 22.7 Å². The van der Waals surface area contributed by atoms with Crippen LogP contribution in [0.5, 0.6) is 0 Å². The van der Waals surface area contributed by atoms with Gasteiger partial charge in [-0.05, 0) is 30.4 Å². The van der Waals surface area contributed by atoms with Gasteiger partial charge in [0.25, 0.3) is 5.91 Å². The smallest absolute Gasteiger partial charge is 0.293 e. The normalized spacial score (nSPS) is 23.2. The summed E-state index contributed by atoms with van der Waals surface area (Å²) in [6, 6.07) is 3.48. The third-order valence-corrected chi connectivity index (χ3v) is 5.72. The van der Waals surface area contributed by atoms with Gasteiger partial charge < -0.3 is 9.73 Å². The molecule has 3 rings (SSSR count). The Bertz CT molecular complexity index is 726. The first-order chi connectivity index (χ1) is 12.0. The standard InChI is InChI=1S/C18H23N3O3S/c1-11-5-3-6-14(12(11)2)20-16(22)9-13-10-25-18(19-13)21-17(23)15-7-4-8-24-15/h4,7-8,10-12,14H,3,5-6,9H2,1-2H3,(H,20,22)(H,19,21,23). The second-order valence-electron chi connectivity index (χ2n) is 6.69. The lowest BCUT2D eigenvalue weighted by atomic mass is 9.78. The molecule has 1 aliphatic carbocycles. The van der Waals surface area contributed by atoms with E-state index < -0.39 is 0 Å². The summed E-state index contributed by atoms with van der Waals surface area (Å²) in [5, 5.41) is 8.08. The summed E-state index contributed by atoms with van der Waals surface area (Å²) in [5.74, 6) is 1.01. The molecule has 0 aromatic carbocycles. The molecule has 2 aromatic heterocycles. The number of carbonyl (C=O) groups excluding carboxylic acids is 2. The van der Waals surface area contributed by atoms with Crippen LogP contribution in [0.15, 0.2) is 28.2 Å². The average Bonchev–Trinajstić information content (AvgIpc) is 3.24. The van der Waals surface area contributed by atoms with Gasteiger partial charge in [0.1, 0.15) is 0 Å². The van der Waals surface area contributed by atoms with Crippen LogP contribution < -0.4 is 10.6 Å². The van der Waals surface area contributed by atoms with E-state index in [1.165, 1.54) is 24.0 Å². The maximum atomic E-state index is 12.3. The minimum atomic E-state index is -0.347. The molecule has 2 N–H and O–H groups in total. The summed E-state index contributed by atoms with van der Waals surface area (Å²) >= 11 is 1.30. The molecular weight excluding hydrogens is 338 g/mol. The van der Waals surface area contributed by atoms with Gasteiger partial charge in [-0.15, -0.1) is 11.3 Å². The van der Waals surface area contributed by atoms with Gasteiger partial charge in [-0.2, -0.15) is 0 Å². The molecular formula is C18H23N3O3S. The average molecular weight is 361 g/mol. The topological polar surface area (TPSA) is 84.2 Å². The van der Waals surface area contributed by atoms with E-state index in [0.717, 1.165) is 12.8 Å². The highest BCUT2D eigenvalue weighted by Gasteiger charge is 2.28. The number of anilines is 1. The number of thiazole rings is 1. The monoisotopic (exact) mass is 361 g/mol. The van der Waals surface area contributed by atoms with Crippen molar-refractivity contribution in [2.45, 2.75) is 45.6 Å². The van der Waals surface area contributed by atoms with Crippen LogP contribution in [0.2, 0.25) is 0 Å². The molecule has 1 aliphatic rings. The van der Waals surface area contributed by atoms with Gasteiger partial charge in [0, 0.05) is 11.4 Å². The molecule has 2 heterocycles. The van der Waals surface area contributed by atoms with Gasteiger partial charge in [-0.3, -0.25) is 14.9 Å². The van der Waals surface area contributed by atoms with Gasteiger partial charge in [0.15, 0.2) is 10.9 Å². The molecule has 1 fully saturated rings. The van der Waals surface area contributed by atoms with Crippen molar-refractivity contribution >= 4 is 28.3 Å². The number of furan rings is 1. The minimum absolute atomic E-state index is 0.0137. The summed E-state index contributed by atoms with van der Waals surface area (Å²) in [6.45, 7) is 4.46. The molecule has 2 aromatic rings. The van der Waals surface area contributed by atoms with E-state index in [4.69, 9.17) is 4.42 Å². The zero-order valence-corrected chi connectivity index (χ0v) is 15.3. The van der Waals surface area contributed by atoms with Crippen molar-refractivity contribution < 1.29 is 14.0 Å². The lowest BCUT2D eigenvalue weighted by Crippen LogP contribution is -2.44. The molecule has 6 nitrogen and oxygen atoms in total. The number of aromatic nitrogens is 1. The van der Waals surface area contributed by atoms with Crippen LogP contribution >= 0.6 is 11.3 Å². The number of hydrogen-bond acceptors (Lipinski definition) is 5. The van der Waals surface area contributed by atoms with Crippen LogP contribution in [0.1, 0.15) is 49.4 Å². The quantitative estimate of drug-likeness (QED) is 0.854. The van der Waals surface area contributed by atoms with Gasteiger partial charge >= 0.3 is 0 Å². The van der Waals surface area contributed by atoms with Crippen LogP contribution in [0.25, 0.3) is 0 Å². The van der Waals surface area contributed by atoms with Gasteiger partial charge in [-0.25, -0.2) is 4.98 Å². The molecule has 3 atom stereocenters. The van der Waals surface area contributed by atoms with Crippen LogP contribution in [0, 0.1) is 11.8 Å². The Morgan fingerprint density at radius 2 is 2.20 bits per heavy atom. The molecule has 25 heavy (non-hydrogen) atoms. The summed E-state index contributed by atoms with van der Waals surface area (Å²) in [6.07, 6.45) is 5.11. The second kappa shape index (κ2) is 7.82. The Balaban J connectivity index is 1.52. The Morgan fingerprint density at radius 1 is 1.36 bits per heavy atom. The molecule has 7 heteroatoms. The Morgan fingerprint density at radius 3 is 2.96 bits per heavy atom. The molecule has 0 saturated heterocycles. The van der Waals surface area contributed by atoms with E-state index in [1.54, 1.807) is 17.5 Å². The predicted octanol–water partition coefficient (Wildman–Crippen LogP) is 3.47. The van der Waals surface area contributed by atoms with Crippen molar-refractivity contribution in [2.75, 3.05) is 5.32 Å². The number of amides is 2. The van der Waals surface area contributed by atoms with E-state index in [-0.39, 0.29) is 30.0 Å². The summed E-state index contributed by atoms with van der Waals surface area (Å²) in [4.78, 5) is 28.5. The highest BCUT2D eigenvalue weighted by atomic mass is 32.1. The molecule has 0 bridgehead atoms. The second-order valence-corrected chi connectivity index (χ2v) is 7.55. The van der Waals surface area contributed by atoms with E-state index in [9.17, 15) is 9.59 Å². The number of rotatable bonds is 5. The fraction of sp³-hybridized carbons (Fsp3) is 0.500. The van der Waals surface area contributed by atoms with E-state index in [1.807, 2.05) is 0 Å². The summed E-state index contributed by atoms with van der Waals surface area (Å²) in [7, 11) is 0. The number of nitrogens with zero attached hydrogens (tertiary/aromatic N) is 1. The first-order valence-electron chi connectivity index (χ1n) is 8.61. The van der Waals surface area contributed by atoms with Crippen LogP contribution in [0.4, 0.5) is 5.13 Å². The van der Waals surface area contributed by atoms with Crippen molar-refractivity contribution in [3.8, 4) is 0 Å². The largest absolute Gasteiger partial charge is 0.459 e. The fourth-order valence-corrected chi connectivity index (χ4v) is 3.93. The fourth-order valence-electron chi connectivity index (χ4n) is 3.22. The predicted molar refractivity (Wildman–Crippen MR) is 96.6 cm³/mol. The Labute approximate surface area is 151 Å². The lowest BCUT2D eigenvalue weighted by Gasteiger charge is -2.34. The van der Waals surface area contributed by atoms with Gasteiger partial charge in [0.2, 0.25) is 5.91 Å². The van der Waals surface area contributed by atoms with E-state index >= 15 is 0 Å². The first kappa shape index (κ1) is 17.7. The van der Waals surface area contributed by atoms with Crippen LogP contribution in [-0.2, 0) is 11.2 Å².